The lowest BCUT2D eigenvalue weighted by molar-refractivity contribution is 0.0793. The van der Waals surface area contributed by atoms with Gasteiger partial charge in [-0.25, -0.2) is 13.1 Å². The summed E-state index contributed by atoms with van der Waals surface area (Å²) in [6.45, 7) is 3.25. The standard InChI is InChI=1S/C14H21N3O3S.ClH/c1-2-16-21(19,20)13-7-8-17(10-13)14(18)12-5-3-11(9-15)4-6-12;/h3-6,13,16H,2,7-10,15H2,1H3;1H. The number of carbonyl (C=O) groups excluding carboxylic acids is 1. The maximum Gasteiger partial charge on any atom is 0.253 e. The monoisotopic (exact) mass is 347 g/mol. The zero-order valence-corrected chi connectivity index (χ0v) is 14.1. The van der Waals surface area contributed by atoms with E-state index < -0.39 is 15.3 Å². The number of sulfonamides is 1. The normalized spacial score (nSPS) is 18.1. The molecule has 1 atom stereocenters. The van der Waals surface area contributed by atoms with Gasteiger partial charge in [-0.1, -0.05) is 19.1 Å². The predicted octanol–water partition coefficient (Wildman–Crippen LogP) is 0.721. The van der Waals surface area contributed by atoms with Crippen LogP contribution in [0.25, 0.3) is 0 Å². The first-order chi connectivity index (χ1) is 9.97. The number of carbonyl (C=O) groups is 1. The summed E-state index contributed by atoms with van der Waals surface area (Å²) in [4.78, 5) is 14.0. The first kappa shape index (κ1) is 18.9. The van der Waals surface area contributed by atoms with Crippen LogP contribution in [0.15, 0.2) is 24.3 Å². The molecule has 1 aromatic rings. The summed E-state index contributed by atoms with van der Waals surface area (Å²) in [5, 5.41) is -0.523. The number of halogens is 1. The molecule has 0 spiro atoms. The molecule has 6 nitrogen and oxygen atoms in total. The minimum absolute atomic E-state index is 0. The van der Waals surface area contributed by atoms with Crippen molar-refractivity contribution in [2.75, 3.05) is 19.6 Å². The summed E-state index contributed by atoms with van der Waals surface area (Å²) >= 11 is 0. The molecule has 1 saturated heterocycles. The third-order valence-electron chi connectivity index (χ3n) is 3.65. The Balaban J connectivity index is 0.00000242. The predicted molar refractivity (Wildman–Crippen MR) is 88.5 cm³/mol. The van der Waals surface area contributed by atoms with Crippen LogP contribution in [0.3, 0.4) is 0 Å². The van der Waals surface area contributed by atoms with Gasteiger partial charge in [-0.05, 0) is 24.1 Å². The summed E-state index contributed by atoms with van der Waals surface area (Å²) in [6, 6.07) is 7.10. The van der Waals surface area contributed by atoms with Crippen molar-refractivity contribution in [3.63, 3.8) is 0 Å². The van der Waals surface area contributed by atoms with E-state index in [0.717, 1.165) is 5.56 Å². The van der Waals surface area contributed by atoms with E-state index in [-0.39, 0.29) is 24.9 Å². The van der Waals surface area contributed by atoms with Gasteiger partial charge in [0.05, 0.1) is 5.25 Å². The second kappa shape index (κ2) is 7.92. The minimum atomic E-state index is -3.33. The van der Waals surface area contributed by atoms with Crippen LogP contribution in [-0.2, 0) is 16.6 Å². The van der Waals surface area contributed by atoms with Crippen LogP contribution in [0.1, 0.15) is 29.3 Å². The van der Waals surface area contributed by atoms with Crippen molar-refractivity contribution >= 4 is 28.3 Å². The quantitative estimate of drug-likeness (QED) is 0.820. The Morgan fingerprint density at radius 3 is 2.55 bits per heavy atom. The zero-order chi connectivity index (χ0) is 15.5. The van der Waals surface area contributed by atoms with E-state index in [9.17, 15) is 13.2 Å². The van der Waals surface area contributed by atoms with Crippen LogP contribution < -0.4 is 10.5 Å². The van der Waals surface area contributed by atoms with E-state index in [1.807, 2.05) is 12.1 Å². The summed E-state index contributed by atoms with van der Waals surface area (Å²) < 4.78 is 26.4. The highest BCUT2D eigenvalue weighted by atomic mass is 35.5. The fourth-order valence-corrected chi connectivity index (χ4v) is 3.88. The molecule has 3 N–H and O–H groups in total. The number of likely N-dealkylation sites (tertiary alicyclic amines) is 1. The first-order valence-corrected chi connectivity index (χ1v) is 8.59. The molecule has 1 aliphatic rings. The van der Waals surface area contributed by atoms with Gasteiger partial charge in [0.2, 0.25) is 10.0 Å². The Kier molecular flexibility index (Phi) is 6.80. The van der Waals surface area contributed by atoms with E-state index in [2.05, 4.69) is 4.72 Å². The highest BCUT2D eigenvalue weighted by Gasteiger charge is 2.34. The Hall–Kier alpha value is -1.15. The van der Waals surface area contributed by atoms with Gasteiger partial charge in [0, 0.05) is 31.7 Å². The number of nitrogens with two attached hydrogens (primary N) is 1. The Morgan fingerprint density at radius 2 is 2.00 bits per heavy atom. The van der Waals surface area contributed by atoms with Crippen molar-refractivity contribution in [3.05, 3.63) is 35.4 Å². The molecule has 22 heavy (non-hydrogen) atoms. The highest BCUT2D eigenvalue weighted by Crippen LogP contribution is 2.19. The molecular weight excluding hydrogens is 326 g/mol. The largest absolute Gasteiger partial charge is 0.337 e. The molecule has 1 aliphatic heterocycles. The molecule has 8 heteroatoms. The number of hydrogen-bond acceptors (Lipinski definition) is 4. The van der Waals surface area contributed by atoms with Crippen LogP contribution in [-0.4, -0.2) is 44.1 Å². The Morgan fingerprint density at radius 1 is 1.36 bits per heavy atom. The van der Waals surface area contributed by atoms with Gasteiger partial charge in [-0.3, -0.25) is 4.79 Å². The molecule has 1 unspecified atom stereocenters. The summed E-state index contributed by atoms with van der Waals surface area (Å²) in [5.41, 5.74) is 7.05. The topological polar surface area (TPSA) is 92.5 Å². The van der Waals surface area contributed by atoms with E-state index in [1.54, 1.807) is 24.0 Å². The number of nitrogens with zero attached hydrogens (tertiary/aromatic N) is 1. The maximum atomic E-state index is 12.4. The van der Waals surface area contributed by atoms with Crippen molar-refractivity contribution in [2.24, 2.45) is 5.73 Å². The molecule has 1 heterocycles. The summed E-state index contributed by atoms with van der Waals surface area (Å²) in [7, 11) is -3.33. The average Bonchev–Trinajstić information content (AvgIpc) is 2.97. The fourth-order valence-electron chi connectivity index (χ4n) is 2.45. The van der Waals surface area contributed by atoms with Gasteiger partial charge in [0.25, 0.3) is 5.91 Å². The van der Waals surface area contributed by atoms with Crippen molar-refractivity contribution in [1.29, 1.82) is 0 Å². The zero-order valence-electron chi connectivity index (χ0n) is 12.5. The van der Waals surface area contributed by atoms with Crippen LogP contribution in [0.4, 0.5) is 0 Å². The van der Waals surface area contributed by atoms with Gasteiger partial charge in [-0.15, -0.1) is 12.4 Å². The Bertz CT molecular complexity index is 604. The molecular formula is C14H22ClN3O3S. The first-order valence-electron chi connectivity index (χ1n) is 7.04. The second-order valence-electron chi connectivity index (χ2n) is 5.11. The van der Waals surface area contributed by atoms with Gasteiger partial charge >= 0.3 is 0 Å². The second-order valence-corrected chi connectivity index (χ2v) is 7.15. The lowest BCUT2D eigenvalue weighted by atomic mass is 10.1. The molecule has 0 saturated carbocycles. The number of nitrogens with one attached hydrogen (secondary N) is 1. The third-order valence-corrected chi connectivity index (χ3v) is 5.61. The fraction of sp³-hybridized carbons (Fsp3) is 0.500. The van der Waals surface area contributed by atoms with Gasteiger partial charge < -0.3 is 10.6 Å². The molecule has 0 radical (unpaired) electrons. The van der Waals surface area contributed by atoms with Crippen LogP contribution >= 0.6 is 12.4 Å². The lowest BCUT2D eigenvalue weighted by Crippen LogP contribution is -2.37. The Labute approximate surface area is 137 Å². The number of rotatable bonds is 5. The molecule has 1 fully saturated rings. The number of amides is 1. The van der Waals surface area contributed by atoms with Crippen molar-refractivity contribution in [1.82, 2.24) is 9.62 Å². The van der Waals surface area contributed by atoms with E-state index in [1.165, 1.54) is 0 Å². The maximum absolute atomic E-state index is 12.4. The van der Waals surface area contributed by atoms with Gasteiger partial charge in [-0.2, -0.15) is 0 Å². The van der Waals surface area contributed by atoms with Gasteiger partial charge in [0.15, 0.2) is 0 Å². The van der Waals surface area contributed by atoms with Crippen molar-refractivity contribution < 1.29 is 13.2 Å². The number of benzene rings is 1. The minimum Gasteiger partial charge on any atom is -0.337 e. The summed E-state index contributed by atoms with van der Waals surface area (Å²) in [6.07, 6.45) is 0.474. The van der Waals surface area contributed by atoms with E-state index in [4.69, 9.17) is 5.73 Å². The molecule has 1 amide bonds. The SMILES string of the molecule is CCNS(=O)(=O)C1CCN(C(=O)c2ccc(CN)cc2)C1.Cl. The van der Waals surface area contributed by atoms with Crippen molar-refractivity contribution in [2.45, 2.75) is 25.1 Å². The average molecular weight is 348 g/mol. The third kappa shape index (κ3) is 4.19. The molecule has 0 aliphatic carbocycles. The summed E-state index contributed by atoms with van der Waals surface area (Å²) in [5.74, 6) is -0.132. The van der Waals surface area contributed by atoms with Crippen molar-refractivity contribution in [3.8, 4) is 0 Å². The molecule has 1 aromatic carbocycles. The smallest absolute Gasteiger partial charge is 0.253 e. The van der Waals surface area contributed by atoms with E-state index in [0.29, 0.717) is 31.6 Å². The molecule has 124 valence electrons. The molecule has 0 bridgehead atoms. The molecule has 0 aromatic heterocycles. The highest BCUT2D eigenvalue weighted by molar-refractivity contribution is 7.90. The van der Waals surface area contributed by atoms with Crippen LogP contribution in [0.2, 0.25) is 0 Å². The van der Waals surface area contributed by atoms with Crippen LogP contribution in [0.5, 0.6) is 0 Å². The van der Waals surface area contributed by atoms with Gasteiger partial charge in [0.1, 0.15) is 0 Å². The van der Waals surface area contributed by atoms with Crippen LogP contribution in [0, 0.1) is 0 Å². The lowest BCUT2D eigenvalue weighted by Gasteiger charge is -2.17. The molecule has 2 rings (SSSR count). The van der Waals surface area contributed by atoms with E-state index >= 15 is 0 Å². The number of hydrogen-bond donors (Lipinski definition) is 2.